The molecule has 4 aromatic rings. The maximum Gasteiger partial charge on any atom is 0.414 e. The van der Waals surface area contributed by atoms with Gasteiger partial charge in [0.25, 0.3) is 10.0 Å². The van der Waals surface area contributed by atoms with Gasteiger partial charge >= 0.3 is 6.09 Å². The standard InChI is InChI=1S/C34H38N4O5S/c1-23(2)42-28-18-16-26(17-19-28)30-20-25(21-35-31(30)27-14-12-24(3)13-15-27)22-36-32(37-33(39)43-34(4,5)6)38-44(40,41)29-10-8-7-9-11-29/h7-21,23H,22H2,1-6H3,(H2,36,37,38,39). The molecule has 2 N–H and O–H groups in total. The first-order valence-corrected chi connectivity index (χ1v) is 15.7. The summed E-state index contributed by atoms with van der Waals surface area (Å²) in [6.45, 7) is 11.1. The van der Waals surface area contributed by atoms with Gasteiger partial charge < -0.3 is 9.47 Å². The van der Waals surface area contributed by atoms with E-state index in [9.17, 15) is 13.2 Å². The van der Waals surface area contributed by atoms with E-state index < -0.39 is 21.7 Å². The number of guanidine groups is 1. The zero-order valence-electron chi connectivity index (χ0n) is 25.8. The first kappa shape index (κ1) is 32.2. The van der Waals surface area contributed by atoms with Crippen molar-refractivity contribution in [3.8, 4) is 28.1 Å². The van der Waals surface area contributed by atoms with Crippen molar-refractivity contribution in [3.63, 3.8) is 0 Å². The Hall–Kier alpha value is -4.70. The first-order chi connectivity index (χ1) is 20.8. The molecule has 1 amide bonds. The Balaban J connectivity index is 1.70. The van der Waals surface area contributed by atoms with Gasteiger partial charge in [0.05, 0.1) is 23.2 Å². The number of amides is 1. The van der Waals surface area contributed by atoms with E-state index in [2.05, 4.69) is 15.0 Å². The van der Waals surface area contributed by atoms with Crippen LogP contribution in [0.15, 0.2) is 101 Å². The summed E-state index contributed by atoms with van der Waals surface area (Å²) in [5.74, 6) is 0.486. The van der Waals surface area contributed by atoms with Crippen LogP contribution in [0.2, 0.25) is 0 Å². The molecule has 0 spiro atoms. The predicted octanol–water partition coefficient (Wildman–Crippen LogP) is 6.87. The van der Waals surface area contributed by atoms with Crippen molar-refractivity contribution in [3.05, 3.63) is 102 Å². The number of hydrogen-bond donors (Lipinski definition) is 2. The van der Waals surface area contributed by atoms with E-state index >= 15 is 0 Å². The summed E-state index contributed by atoms with van der Waals surface area (Å²) >= 11 is 0. The van der Waals surface area contributed by atoms with Crippen molar-refractivity contribution in [1.82, 2.24) is 15.0 Å². The third-order valence-corrected chi connectivity index (χ3v) is 7.48. The lowest BCUT2D eigenvalue weighted by Crippen LogP contribution is -2.45. The van der Waals surface area contributed by atoms with Gasteiger partial charge in [0.15, 0.2) is 0 Å². The van der Waals surface area contributed by atoms with E-state index in [4.69, 9.17) is 14.5 Å². The predicted molar refractivity (Wildman–Crippen MR) is 173 cm³/mol. The average Bonchev–Trinajstić information content (AvgIpc) is 2.96. The molecule has 3 aromatic carbocycles. The summed E-state index contributed by atoms with van der Waals surface area (Å²) in [4.78, 5) is 21.8. The van der Waals surface area contributed by atoms with Gasteiger partial charge in [-0.05, 0) is 83.0 Å². The molecule has 230 valence electrons. The minimum Gasteiger partial charge on any atom is -0.491 e. The number of hydrogen-bond acceptors (Lipinski definition) is 7. The fourth-order valence-electron chi connectivity index (χ4n) is 4.20. The first-order valence-electron chi connectivity index (χ1n) is 14.2. The van der Waals surface area contributed by atoms with Crippen LogP contribution in [-0.2, 0) is 21.3 Å². The molecule has 1 heterocycles. The van der Waals surface area contributed by atoms with Gasteiger partial charge in [-0.3, -0.25) is 10.3 Å². The minimum atomic E-state index is -4.04. The Bertz CT molecular complexity index is 1710. The van der Waals surface area contributed by atoms with Crippen molar-refractivity contribution in [2.24, 2.45) is 4.99 Å². The van der Waals surface area contributed by atoms with Gasteiger partial charge in [0, 0.05) is 17.3 Å². The highest BCUT2D eigenvalue weighted by Crippen LogP contribution is 2.32. The average molecular weight is 615 g/mol. The van der Waals surface area contributed by atoms with Crippen LogP contribution in [0.25, 0.3) is 22.4 Å². The number of carbonyl (C=O) groups excluding carboxylic acids is 1. The number of pyridine rings is 1. The maximum atomic E-state index is 13.1. The topological polar surface area (TPSA) is 119 Å². The highest BCUT2D eigenvalue weighted by molar-refractivity contribution is 7.90. The molecule has 0 aliphatic heterocycles. The number of aliphatic imine (C=N–C) groups is 1. The third-order valence-electron chi connectivity index (χ3n) is 6.13. The van der Waals surface area contributed by atoms with Crippen molar-refractivity contribution >= 4 is 22.1 Å². The summed E-state index contributed by atoms with van der Waals surface area (Å²) < 4.78 is 39.7. The molecule has 0 saturated heterocycles. The Labute approximate surface area is 259 Å². The molecule has 0 aliphatic carbocycles. The summed E-state index contributed by atoms with van der Waals surface area (Å²) in [6.07, 6.45) is 0.897. The van der Waals surface area contributed by atoms with Crippen molar-refractivity contribution in [1.29, 1.82) is 0 Å². The number of carbonyl (C=O) groups is 1. The summed E-state index contributed by atoms with van der Waals surface area (Å²) in [7, 11) is -4.04. The van der Waals surface area contributed by atoms with E-state index in [1.54, 1.807) is 45.2 Å². The number of aryl methyl sites for hydroxylation is 1. The third kappa shape index (κ3) is 9.15. The molecule has 10 heteroatoms. The quantitative estimate of drug-likeness (QED) is 0.165. The van der Waals surface area contributed by atoms with Crippen LogP contribution in [0.1, 0.15) is 45.7 Å². The fraction of sp³-hybridized carbons (Fsp3) is 0.265. The maximum absolute atomic E-state index is 13.1. The van der Waals surface area contributed by atoms with Crippen LogP contribution in [0.3, 0.4) is 0 Å². The SMILES string of the molecule is Cc1ccc(-c2ncc(CN=C(NC(=O)OC(C)(C)C)NS(=O)(=O)c3ccccc3)cc2-c2ccc(OC(C)C)cc2)cc1. The summed E-state index contributed by atoms with van der Waals surface area (Å²) in [5.41, 5.74) is 4.56. The lowest BCUT2D eigenvalue weighted by Gasteiger charge is -2.20. The molecule has 0 fully saturated rings. The van der Waals surface area contributed by atoms with E-state index in [0.29, 0.717) is 5.56 Å². The number of ether oxygens (including phenoxy) is 2. The van der Waals surface area contributed by atoms with Crippen molar-refractivity contribution in [2.75, 3.05) is 0 Å². The Morgan fingerprint density at radius 1 is 0.932 bits per heavy atom. The smallest absolute Gasteiger partial charge is 0.414 e. The molecule has 0 aliphatic rings. The lowest BCUT2D eigenvalue weighted by atomic mass is 9.97. The highest BCUT2D eigenvalue weighted by Gasteiger charge is 2.21. The molecule has 0 radical (unpaired) electrons. The number of benzene rings is 3. The molecule has 0 saturated carbocycles. The van der Waals surface area contributed by atoms with Crippen LogP contribution in [0.5, 0.6) is 5.75 Å². The summed E-state index contributed by atoms with van der Waals surface area (Å²) in [5, 5.41) is 2.44. The van der Waals surface area contributed by atoms with Gasteiger partial charge in [-0.2, -0.15) is 0 Å². The molecular weight excluding hydrogens is 576 g/mol. The van der Waals surface area contributed by atoms with E-state index in [1.807, 2.05) is 75.4 Å². The van der Waals surface area contributed by atoms with Crippen molar-refractivity contribution < 1.29 is 22.7 Å². The molecule has 0 unspecified atom stereocenters. The van der Waals surface area contributed by atoms with Crippen molar-refractivity contribution in [2.45, 2.75) is 64.7 Å². The second-order valence-corrected chi connectivity index (χ2v) is 13.2. The van der Waals surface area contributed by atoms with Gasteiger partial charge in [-0.1, -0.05) is 60.2 Å². The Morgan fingerprint density at radius 3 is 2.18 bits per heavy atom. The normalized spacial score (nSPS) is 12.1. The monoisotopic (exact) mass is 614 g/mol. The number of aromatic nitrogens is 1. The van der Waals surface area contributed by atoms with Crippen LogP contribution in [-0.4, -0.2) is 37.2 Å². The number of alkyl carbamates (subject to hydrolysis) is 1. The van der Waals surface area contributed by atoms with Crippen LogP contribution >= 0.6 is 0 Å². The van der Waals surface area contributed by atoms with Crippen LogP contribution < -0.4 is 14.8 Å². The molecule has 9 nitrogen and oxygen atoms in total. The number of nitrogens with zero attached hydrogens (tertiary/aromatic N) is 2. The Kier molecular flexibility index (Phi) is 10.1. The molecule has 44 heavy (non-hydrogen) atoms. The second-order valence-electron chi connectivity index (χ2n) is 11.5. The molecule has 4 rings (SSSR count). The van der Waals surface area contributed by atoms with E-state index in [0.717, 1.165) is 33.7 Å². The molecule has 0 bridgehead atoms. The Morgan fingerprint density at radius 2 is 1.57 bits per heavy atom. The van der Waals surface area contributed by atoms with Crippen LogP contribution in [0.4, 0.5) is 4.79 Å². The number of sulfonamides is 1. The molecule has 0 atom stereocenters. The number of rotatable bonds is 8. The van der Waals surface area contributed by atoms with Gasteiger partial charge in [-0.25, -0.2) is 22.9 Å². The largest absolute Gasteiger partial charge is 0.491 e. The fourth-order valence-corrected chi connectivity index (χ4v) is 5.20. The summed E-state index contributed by atoms with van der Waals surface area (Å²) in [6, 6.07) is 25.7. The molecule has 1 aromatic heterocycles. The highest BCUT2D eigenvalue weighted by atomic mass is 32.2. The molecular formula is C34H38N4O5S. The van der Waals surface area contributed by atoms with E-state index in [-0.39, 0.29) is 23.5 Å². The lowest BCUT2D eigenvalue weighted by molar-refractivity contribution is 0.0562. The van der Waals surface area contributed by atoms with Crippen LogP contribution in [0, 0.1) is 6.92 Å². The van der Waals surface area contributed by atoms with Gasteiger partial charge in [0.1, 0.15) is 11.4 Å². The minimum absolute atomic E-state index is 0.0190. The van der Waals surface area contributed by atoms with E-state index in [1.165, 1.54) is 12.1 Å². The zero-order chi connectivity index (χ0) is 31.9. The number of nitrogens with one attached hydrogen (secondary N) is 2. The van der Waals surface area contributed by atoms with Gasteiger partial charge in [-0.15, -0.1) is 0 Å². The van der Waals surface area contributed by atoms with Gasteiger partial charge in [0.2, 0.25) is 5.96 Å². The zero-order valence-corrected chi connectivity index (χ0v) is 26.6. The second kappa shape index (κ2) is 13.7.